The number of nitrogens with one attached hydrogen (secondary N) is 1. The van der Waals surface area contributed by atoms with Crippen molar-refractivity contribution in [3.8, 4) is 0 Å². The Morgan fingerprint density at radius 2 is 2.23 bits per heavy atom. The van der Waals surface area contributed by atoms with E-state index in [1.54, 1.807) is 0 Å². The summed E-state index contributed by atoms with van der Waals surface area (Å²) in [7, 11) is 0. The second-order valence-electron chi connectivity index (χ2n) is 4.27. The molecule has 0 aromatic heterocycles. The van der Waals surface area contributed by atoms with Crippen LogP contribution in [-0.4, -0.2) is 17.9 Å². The Balaban J connectivity index is 2.56. The molecule has 1 saturated heterocycles. The van der Waals surface area contributed by atoms with Crippen molar-refractivity contribution in [3.05, 3.63) is 12.2 Å². The Kier molecular flexibility index (Phi) is 3.26. The van der Waals surface area contributed by atoms with E-state index in [0.29, 0.717) is 12.2 Å². The van der Waals surface area contributed by atoms with E-state index >= 15 is 0 Å². The van der Waals surface area contributed by atoms with Crippen molar-refractivity contribution in [2.45, 2.75) is 45.1 Å². The molecular formula is C11H19NO. The zero-order chi connectivity index (χ0) is 9.90. The molecule has 0 aromatic carbocycles. The van der Waals surface area contributed by atoms with Crippen molar-refractivity contribution in [1.82, 2.24) is 5.32 Å². The van der Waals surface area contributed by atoms with E-state index < -0.39 is 0 Å². The predicted octanol–water partition coefficient (Wildman–Crippen LogP) is 2.05. The molecule has 0 aliphatic carbocycles. The molecular weight excluding hydrogens is 162 g/mol. The molecule has 0 spiro atoms. The summed E-state index contributed by atoms with van der Waals surface area (Å²) in [6.45, 7) is 8.66. The highest BCUT2D eigenvalue weighted by Crippen LogP contribution is 2.22. The molecule has 2 nitrogen and oxygen atoms in total. The molecule has 1 aliphatic heterocycles. The highest BCUT2D eigenvalue weighted by Gasteiger charge is 2.33. The maximum atomic E-state index is 11.8. The minimum atomic E-state index is -0.281. The lowest BCUT2D eigenvalue weighted by molar-refractivity contribution is -0.125. The summed E-state index contributed by atoms with van der Waals surface area (Å²) in [5, 5.41) is 3.31. The summed E-state index contributed by atoms with van der Waals surface area (Å²) < 4.78 is 0. The Morgan fingerprint density at radius 1 is 1.54 bits per heavy atom. The third kappa shape index (κ3) is 2.66. The molecule has 1 rings (SSSR count). The third-order valence-corrected chi connectivity index (χ3v) is 2.70. The SMILES string of the molecule is C=C(C)CC(=O)C1(C)CCCCN1. The van der Waals surface area contributed by atoms with Gasteiger partial charge in [-0.2, -0.15) is 0 Å². The Morgan fingerprint density at radius 3 is 2.69 bits per heavy atom. The van der Waals surface area contributed by atoms with Crippen LogP contribution >= 0.6 is 0 Å². The van der Waals surface area contributed by atoms with E-state index in [1.807, 2.05) is 13.8 Å². The maximum absolute atomic E-state index is 11.8. The summed E-state index contributed by atoms with van der Waals surface area (Å²) in [5.41, 5.74) is 0.676. The normalized spacial score (nSPS) is 28.5. The van der Waals surface area contributed by atoms with Gasteiger partial charge in [-0.1, -0.05) is 12.2 Å². The van der Waals surface area contributed by atoms with Crippen molar-refractivity contribution in [2.24, 2.45) is 0 Å². The van der Waals surface area contributed by atoms with Gasteiger partial charge in [-0.25, -0.2) is 0 Å². The van der Waals surface area contributed by atoms with Gasteiger partial charge in [0.2, 0.25) is 0 Å². The fraction of sp³-hybridized carbons (Fsp3) is 0.727. The van der Waals surface area contributed by atoms with E-state index in [-0.39, 0.29) is 5.54 Å². The number of hydrogen-bond donors (Lipinski definition) is 1. The number of carbonyl (C=O) groups is 1. The molecule has 0 saturated carbocycles. The molecule has 1 N–H and O–H groups in total. The first kappa shape index (κ1) is 10.5. The lowest BCUT2D eigenvalue weighted by Gasteiger charge is -2.33. The molecule has 2 heteroatoms. The van der Waals surface area contributed by atoms with Gasteiger partial charge in [-0.05, 0) is 39.7 Å². The van der Waals surface area contributed by atoms with Gasteiger partial charge in [0.15, 0.2) is 5.78 Å². The maximum Gasteiger partial charge on any atom is 0.156 e. The number of allylic oxidation sites excluding steroid dienone is 1. The largest absolute Gasteiger partial charge is 0.305 e. The van der Waals surface area contributed by atoms with Gasteiger partial charge in [-0.15, -0.1) is 0 Å². The van der Waals surface area contributed by atoms with Crippen LogP contribution in [0.5, 0.6) is 0 Å². The highest BCUT2D eigenvalue weighted by atomic mass is 16.1. The molecule has 0 amide bonds. The van der Waals surface area contributed by atoms with E-state index in [0.717, 1.165) is 25.0 Å². The standard InChI is InChI=1S/C11H19NO/c1-9(2)8-10(13)11(3)6-4-5-7-12-11/h12H,1,4-8H2,2-3H3. The van der Waals surface area contributed by atoms with E-state index in [1.165, 1.54) is 6.42 Å². The second kappa shape index (κ2) is 4.05. The molecule has 0 radical (unpaired) electrons. The minimum Gasteiger partial charge on any atom is -0.305 e. The van der Waals surface area contributed by atoms with Crippen molar-refractivity contribution in [1.29, 1.82) is 0 Å². The van der Waals surface area contributed by atoms with Crippen molar-refractivity contribution in [3.63, 3.8) is 0 Å². The second-order valence-corrected chi connectivity index (χ2v) is 4.27. The van der Waals surface area contributed by atoms with Gasteiger partial charge in [0.25, 0.3) is 0 Å². The number of Topliss-reactive ketones (excluding diaryl/α,β-unsaturated/α-hetero) is 1. The third-order valence-electron chi connectivity index (χ3n) is 2.70. The topological polar surface area (TPSA) is 29.1 Å². The number of rotatable bonds is 3. The number of hydrogen-bond acceptors (Lipinski definition) is 2. The molecule has 0 bridgehead atoms. The summed E-state index contributed by atoms with van der Waals surface area (Å²) in [6, 6.07) is 0. The lowest BCUT2D eigenvalue weighted by atomic mass is 9.84. The first-order chi connectivity index (χ1) is 6.04. The van der Waals surface area contributed by atoms with Crippen molar-refractivity contribution >= 4 is 5.78 Å². The van der Waals surface area contributed by atoms with Crippen LogP contribution in [0.1, 0.15) is 39.5 Å². The van der Waals surface area contributed by atoms with Crippen LogP contribution in [0.25, 0.3) is 0 Å². The fourth-order valence-electron chi connectivity index (χ4n) is 1.76. The van der Waals surface area contributed by atoms with Crippen LogP contribution in [0.2, 0.25) is 0 Å². The Bertz CT molecular complexity index is 214. The van der Waals surface area contributed by atoms with Crippen LogP contribution in [0.4, 0.5) is 0 Å². The lowest BCUT2D eigenvalue weighted by Crippen LogP contribution is -2.52. The monoisotopic (exact) mass is 181 g/mol. The average molecular weight is 181 g/mol. The zero-order valence-corrected chi connectivity index (χ0v) is 8.65. The van der Waals surface area contributed by atoms with Gasteiger partial charge in [0, 0.05) is 6.42 Å². The predicted molar refractivity (Wildman–Crippen MR) is 54.7 cm³/mol. The Labute approximate surface area is 80.4 Å². The highest BCUT2D eigenvalue weighted by molar-refractivity contribution is 5.89. The van der Waals surface area contributed by atoms with Crippen molar-refractivity contribution < 1.29 is 4.79 Å². The van der Waals surface area contributed by atoms with Gasteiger partial charge in [0.1, 0.15) is 0 Å². The quantitative estimate of drug-likeness (QED) is 0.675. The van der Waals surface area contributed by atoms with Crippen LogP contribution in [0, 0.1) is 0 Å². The number of ketones is 1. The molecule has 0 aromatic rings. The first-order valence-corrected chi connectivity index (χ1v) is 4.97. The van der Waals surface area contributed by atoms with Crippen LogP contribution in [-0.2, 0) is 4.79 Å². The van der Waals surface area contributed by atoms with Gasteiger partial charge in [-0.3, -0.25) is 4.79 Å². The molecule has 13 heavy (non-hydrogen) atoms. The summed E-state index contributed by atoms with van der Waals surface area (Å²) >= 11 is 0. The van der Waals surface area contributed by atoms with E-state index in [4.69, 9.17) is 0 Å². The van der Waals surface area contributed by atoms with Gasteiger partial charge < -0.3 is 5.32 Å². The molecule has 1 fully saturated rings. The summed E-state index contributed by atoms with van der Waals surface area (Å²) in [4.78, 5) is 11.8. The summed E-state index contributed by atoms with van der Waals surface area (Å²) in [6.07, 6.45) is 3.84. The van der Waals surface area contributed by atoms with Crippen LogP contribution in [0.15, 0.2) is 12.2 Å². The van der Waals surface area contributed by atoms with E-state index in [9.17, 15) is 4.79 Å². The van der Waals surface area contributed by atoms with Gasteiger partial charge >= 0.3 is 0 Å². The van der Waals surface area contributed by atoms with Crippen LogP contribution in [0.3, 0.4) is 0 Å². The van der Waals surface area contributed by atoms with Crippen LogP contribution < -0.4 is 5.32 Å². The molecule has 1 atom stereocenters. The zero-order valence-electron chi connectivity index (χ0n) is 8.65. The smallest absolute Gasteiger partial charge is 0.156 e. The number of carbonyl (C=O) groups excluding carboxylic acids is 1. The minimum absolute atomic E-state index is 0.281. The molecule has 1 aliphatic rings. The average Bonchev–Trinajstić information content (AvgIpc) is 2.04. The Hall–Kier alpha value is -0.630. The summed E-state index contributed by atoms with van der Waals surface area (Å²) in [5.74, 6) is 0.291. The van der Waals surface area contributed by atoms with E-state index in [2.05, 4.69) is 11.9 Å². The van der Waals surface area contributed by atoms with Gasteiger partial charge in [0.05, 0.1) is 5.54 Å². The first-order valence-electron chi connectivity index (χ1n) is 4.97. The number of piperidine rings is 1. The molecule has 1 heterocycles. The van der Waals surface area contributed by atoms with Crippen molar-refractivity contribution in [2.75, 3.05) is 6.54 Å². The molecule has 74 valence electrons. The fourth-order valence-corrected chi connectivity index (χ4v) is 1.76. The molecule has 1 unspecified atom stereocenters.